The third kappa shape index (κ3) is 2.83. The van der Waals surface area contributed by atoms with Crippen molar-refractivity contribution in [1.29, 1.82) is 0 Å². The molecule has 1 aliphatic heterocycles. The van der Waals surface area contributed by atoms with Crippen LogP contribution in [0.1, 0.15) is 0 Å². The number of Topliss-reactive ketones (excluding diaryl/α,β-unsaturated/α-hetero) is 1. The number of ketones is 1. The van der Waals surface area contributed by atoms with Crippen molar-refractivity contribution >= 4 is 23.1 Å². The van der Waals surface area contributed by atoms with Crippen LogP contribution in [0.4, 0.5) is 14.5 Å². The SMILES string of the molecule is NC1C(C(=O)C(F)F)=CC=CN1c1ccc(Cl)cc1. The zero-order valence-corrected chi connectivity index (χ0v) is 10.5. The first-order valence-corrected chi connectivity index (χ1v) is 5.88. The van der Waals surface area contributed by atoms with Gasteiger partial charge >= 0.3 is 0 Å². The number of rotatable bonds is 3. The Kier molecular flexibility index (Phi) is 3.97. The van der Waals surface area contributed by atoms with Crippen LogP contribution in [-0.4, -0.2) is 18.4 Å². The average molecular weight is 285 g/mol. The molecule has 19 heavy (non-hydrogen) atoms. The van der Waals surface area contributed by atoms with Gasteiger partial charge in [0, 0.05) is 22.5 Å². The van der Waals surface area contributed by atoms with E-state index in [1.165, 1.54) is 17.1 Å². The summed E-state index contributed by atoms with van der Waals surface area (Å²) >= 11 is 5.78. The van der Waals surface area contributed by atoms with Crippen molar-refractivity contribution in [3.05, 3.63) is 53.2 Å². The summed E-state index contributed by atoms with van der Waals surface area (Å²) in [5, 5.41) is 0.553. The number of halogens is 3. The Bertz CT molecular complexity index is 540. The molecule has 1 aliphatic rings. The number of carbonyl (C=O) groups is 1. The molecule has 3 nitrogen and oxygen atoms in total. The number of hydrogen-bond acceptors (Lipinski definition) is 3. The van der Waals surface area contributed by atoms with Crippen LogP contribution in [0, 0.1) is 0 Å². The second kappa shape index (κ2) is 5.50. The Labute approximate surface area is 113 Å². The Morgan fingerprint density at radius 1 is 1.32 bits per heavy atom. The van der Waals surface area contributed by atoms with E-state index in [0.717, 1.165) is 0 Å². The van der Waals surface area contributed by atoms with Crippen LogP contribution >= 0.6 is 11.6 Å². The molecule has 0 saturated carbocycles. The van der Waals surface area contributed by atoms with Gasteiger partial charge in [-0.1, -0.05) is 17.7 Å². The third-order valence-corrected chi connectivity index (χ3v) is 3.00. The average Bonchev–Trinajstić information content (AvgIpc) is 2.39. The normalized spacial score (nSPS) is 18.7. The van der Waals surface area contributed by atoms with Crippen molar-refractivity contribution in [3.8, 4) is 0 Å². The fourth-order valence-corrected chi connectivity index (χ4v) is 1.92. The van der Waals surface area contributed by atoms with Gasteiger partial charge in [0.1, 0.15) is 6.17 Å². The van der Waals surface area contributed by atoms with Gasteiger partial charge in [-0.05, 0) is 30.3 Å². The van der Waals surface area contributed by atoms with E-state index in [1.807, 2.05) is 0 Å². The standard InChI is InChI=1S/C13H11ClF2N2O/c14-8-3-5-9(6-4-8)18-7-1-2-10(13(18)17)11(19)12(15)16/h1-7,12-13H,17H2. The highest BCUT2D eigenvalue weighted by Gasteiger charge is 2.29. The van der Waals surface area contributed by atoms with E-state index in [9.17, 15) is 13.6 Å². The van der Waals surface area contributed by atoms with Gasteiger partial charge in [-0.2, -0.15) is 0 Å². The molecular formula is C13H11ClF2N2O. The number of benzene rings is 1. The van der Waals surface area contributed by atoms with Crippen LogP contribution in [0.25, 0.3) is 0 Å². The van der Waals surface area contributed by atoms with Crippen LogP contribution in [0.2, 0.25) is 5.02 Å². The van der Waals surface area contributed by atoms with E-state index in [0.29, 0.717) is 10.7 Å². The first-order valence-electron chi connectivity index (χ1n) is 5.51. The van der Waals surface area contributed by atoms with Crippen LogP contribution in [0.15, 0.2) is 48.2 Å². The van der Waals surface area contributed by atoms with E-state index in [-0.39, 0.29) is 5.57 Å². The zero-order chi connectivity index (χ0) is 14.0. The van der Waals surface area contributed by atoms with Crippen LogP contribution in [-0.2, 0) is 4.79 Å². The summed E-state index contributed by atoms with van der Waals surface area (Å²) in [7, 11) is 0. The van der Waals surface area contributed by atoms with Gasteiger partial charge in [0.15, 0.2) is 0 Å². The molecule has 1 heterocycles. The Balaban J connectivity index is 2.27. The minimum Gasteiger partial charge on any atom is -0.328 e. The molecule has 1 aromatic rings. The predicted octanol–water partition coefficient (Wildman–Crippen LogP) is 2.72. The van der Waals surface area contributed by atoms with E-state index in [4.69, 9.17) is 17.3 Å². The van der Waals surface area contributed by atoms with Crippen molar-refractivity contribution < 1.29 is 13.6 Å². The number of nitrogens with zero attached hydrogens (tertiary/aromatic N) is 1. The smallest absolute Gasteiger partial charge is 0.300 e. The topological polar surface area (TPSA) is 46.3 Å². The quantitative estimate of drug-likeness (QED) is 0.928. The molecule has 1 unspecified atom stereocenters. The van der Waals surface area contributed by atoms with Gasteiger partial charge in [0.05, 0.1) is 0 Å². The van der Waals surface area contributed by atoms with E-state index in [2.05, 4.69) is 0 Å². The van der Waals surface area contributed by atoms with E-state index in [1.54, 1.807) is 30.5 Å². The van der Waals surface area contributed by atoms with Crippen molar-refractivity contribution in [3.63, 3.8) is 0 Å². The zero-order valence-electron chi connectivity index (χ0n) is 9.76. The number of hydrogen-bond donors (Lipinski definition) is 1. The molecular weight excluding hydrogens is 274 g/mol. The number of allylic oxidation sites excluding steroid dienone is 2. The third-order valence-electron chi connectivity index (χ3n) is 2.75. The summed E-state index contributed by atoms with van der Waals surface area (Å²) in [5.41, 5.74) is 6.40. The predicted molar refractivity (Wildman–Crippen MR) is 70.1 cm³/mol. The van der Waals surface area contributed by atoms with E-state index < -0.39 is 18.4 Å². The monoisotopic (exact) mass is 284 g/mol. The fraction of sp³-hybridized carbons (Fsp3) is 0.154. The molecule has 0 saturated heterocycles. The van der Waals surface area contributed by atoms with Crippen molar-refractivity contribution in [2.75, 3.05) is 4.90 Å². The molecule has 0 bridgehead atoms. The van der Waals surface area contributed by atoms with Crippen LogP contribution < -0.4 is 10.6 Å². The molecule has 0 aliphatic carbocycles. The van der Waals surface area contributed by atoms with Crippen molar-refractivity contribution in [2.45, 2.75) is 12.6 Å². The molecule has 2 rings (SSSR count). The van der Waals surface area contributed by atoms with Gasteiger partial charge in [-0.3, -0.25) is 4.79 Å². The summed E-state index contributed by atoms with van der Waals surface area (Å²) in [4.78, 5) is 12.9. The van der Waals surface area contributed by atoms with Gasteiger partial charge in [0.2, 0.25) is 5.78 Å². The lowest BCUT2D eigenvalue weighted by Crippen LogP contribution is -2.44. The first kappa shape index (κ1) is 13.7. The molecule has 0 spiro atoms. The summed E-state index contributed by atoms with van der Waals surface area (Å²) in [6, 6.07) is 6.71. The molecule has 0 aromatic heterocycles. The highest BCUT2D eigenvalue weighted by atomic mass is 35.5. The number of nitrogens with two attached hydrogens (primary N) is 1. The Morgan fingerprint density at radius 2 is 1.95 bits per heavy atom. The first-order chi connectivity index (χ1) is 9.00. The molecule has 1 aromatic carbocycles. The van der Waals surface area contributed by atoms with Crippen molar-refractivity contribution in [1.82, 2.24) is 0 Å². The van der Waals surface area contributed by atoms with Gasteiger partial charge in [-0.25, -0.2) is 8.78 Å². The largest absolute Gasteiger partial charge is 0.328 e. The number of alkyl halides is 2. The van der Waals surface area contributed by atoms with Crippen LogP contribution in [0.5, 0.6) is 0 Å². The highest BCUT2D eigenvalue weighted by Crippen LogP contribution is 2.25. The van der Waals surface area contributed by atoms with Gasteiger partial charge in [0.25, 0.3) is 6.43 Å². The molecule has 2 N–H and O–H groups in total. The molecule has 0 radical (unpaired) electrons. The maximum Gasteiger partial charge on any atom is 0.300 e. The molecule has 0 amide bonds. The summed E-state index contributed by atoms with van der Waals surface area (Å²) in [6.45, 7) is 0. The second-order valence-electron chi connectivity index (χ2n) is 3.96. The molecule has 0 fully saturated rings. The lowest BCUT2D eigenvalue weighted by molar-refractivity contribution is -0.125. The minimum atomic E-state index is -3.06. The summed E-state index contributed by atoms with van der Waals surface area (Å²) in [5.74, 6) is -1.25. The lowest BCUT2D eigenvalue weighted by Gasteiger charge is -2.31. The maximum atomic E-state index is 12.5. The fourth-order valence-electron chi connectivity index (χ4n) is 1.79. The Hall–Kier alpha value is -1.72. The molecule has 6 heteroatoms. The molecule has 1 atom stereocenters. The number of carbonyl (C=O) groups excluding carboxylic acids is 1. The summed E-state index contributed by atoms with van der Waals surface area (Å²) in [6.07, 6.45) is 0.443. The van der Waals surface area contributed by atoms with Crippen molar-refractivity contribution in [2.24, 2.45) is 5.73 Å². The lowest BCUT2D eigenvalue weighted by atomic mass is 10.0. The Morgan fingerprint density at radius 3 is 2.53 bits per heavy atom. The van der Waals surface area contributed by atoms with Gasteiger partial charge in [-0.15, -0.1) is 0 Å². The van der Waals surface area contributed by atoms with Gasteiger partial charge < -0.3 is 10.6 Å². The highest BCUT2D eigenvalue weighted by molar-refractivity contribution is 6.30. The van der Waals surface area contributed by atoms with Crippen LogP contribution in [0.3, 0.4) is 0 Å². The second-order valence-corrected chi connectivity index (χ2v) is 4.39. The minimum absolute atomic E-state index is 0.118. The summed E-state index contributed by atoms with van der Waals surface area (Å²) < 4.78 is 24.9. The molecule has 100 valence electrons. The maximum absolute atomic E-state index is 12.5. The number of anilines is 1. The van der Waals surface area contributed by atoms with E-state index >= 15 is 0 Å².